The van der Waals surface area contributed by atoms with Gasteiger partial charge in [0, 0.05) is 10.6 Å². The average molecular weight is 229 g/mol. The predicted octanol–water partition coefficient (Wildman–Crippen LogP) is 2.90. The topological polar surface area (TPSA) is 37.3 Å². The van der Waals surface area contributed by atoms with Gasteiger partial charge in [-0.2, -0.15) is 0 Å². The van der Waals surface area contributed by atoms with Gasteiger partial charge in [-0.3, -0.25) is 4.79 Å². The van der Waals surface area contributed by atoms with E-state index in [4.69, 9.17) is 16.7 Å². The Hall–Kier alpha value is -1.09. The largest absolute Gasteiger partial charge is 0.481 e. The first-order valence-electron chi connectivity index (χ1n) is 4.67. The van der Waals surface area contributed by atoms with Crippen LogP contribution in [0, 0.1) is 12.7 Å². The number of aliphatic carboxylic acids is 1. The third-order valence-corrected chi connectivity index (χ3v) is 3.24. The molecule has 0 aromatic heterocycles. The van der Waals surface area contributed by atoms with Crippen LogP contribution < -0.4 is 0 Å². The van der Waals surface area contributed by atoms with Gasteiger partial charge >= 0.3 is 5.97 Å². The summed E-state index contributed by atoms with van der Waals surface area (Å²) in [6.45, 7) is 1.60. The molecule has 0 saturated heterocycles. The van der Waals surface area contributed by atoms with Crippen molar-refractivity contribution in [2.75, 3.05) is 0 Å². The summed E-state index contributed by atoms with van der Waals surface area (Å²) in [5.74, 6) is -1.48. The Kier molecular flexibility index (Phi) is 2.23. The second-order valence-electron chi connectivity index (χ2n) is 3.94. The highest BCUT2D eigenvalue weighted by molar-refractivity contribution is 6.31. The van der Waals surface area contributed by atoms with Crippen LogP contribution in [0.15, 0.2) is 12.1 Å². The Morgan fingerprint density at radius 2 is 2.13 bits per heavy atom. The second kappa shape index (κ2) is 3.20. The van der Waals surface area contributed by atoms with E-state index >= 15 is 0 Å². The lowest BCUT2D eigenvalue weighted by atomic mass is 9.94. The minimum Gasteiger partial charge on any atom is -0.481 e. The zero-order chi connectivity index (χ0) is 11.2. The fourth-order valence-electron chi connectivity index (χ4n) is 1.79. The van der Waals surface area contributed by atoms with Crippen molar-refractivity contribution in [2.24, 2.45) is 0 Å². The Labute approximate surface area is 91.7 Å². The van der Waals surface area contributed by atoms with Gasteiger partial charge in [0.2, 0.25) is 0 Å². The Bertz CT molecular complexity index is 438. The fraction of sp³-hybridized carbons (Fsp3) is 0.364. The first-order chi connectivity index (χ1) is 6.99. The fourth-order valence-corrected chi connectivity index (χ4v) is 2.12. The highest BCUT2D eigenvalue weighted by Crippen LogP contribution is 2.51. The molecule has 0 spiro atoms. The van der Waals surface area contributed by atoms with Crippen molar-refractivity contribution in [1.29, 1.82) is 0 Å². The van der Waals surface area contributed by atoms with E-state index in [-0.39, 0.29) is 10.6 Å². The van der Waals surface area contributed by atoms with Crippen molar-refractivity contribution in [3.05, 3.63) is 34.1 Å². The average Bonchev–Trinajstić information content (AvgIpc) is 2.93. The number of aryl methyl sites for hydroxylation is 1. The molecule has 2 rings (SSSR count). The van der Waals surface area contributed by atoms with Gasteiger partial charge in [0.1, 0.15) is 5.82 Å². The van der Waals surface area contributed by atoms with Crippen molar-refractivity contribution in [1.82, 2.24) is 0 Å². The summed E-state index contributed by atoms with van der Waals surface area (Å²) in [4.78, 5) is 11.1. The number of carboxylic acids is 1. The monoisotopic (exact) mass is 228 g/mol. The zero-order valence-corrected chi connectivity index (χ0v) is 8.94. The maximum atomic E-state index is 13.8. The van der Waals surface area contributed by atoms with Crippen LogP contribution in [0.5, 0.6) is 0 Å². The van der Waals surface area contributed by atoms with Crippen LogP contribution in [0.1, 0.15) is 24.0 Å². The number of halogens is 2. The molecule has 1 N–H and O–H groups in total. The predicted molar refractivity (Wildman–Crippen MR) is 54.7 cm³/mol. The van der Waals surface area contributed by atoms with Gasteiger partial charge in [-0.15, -0.1) is 0 Å². The van der Waals surface area contributed by atoms with Crippen LogP contribution in [-0.2, 0) is 10.2 Å². The van der Waals surface area contributed by atoms with E-state index < -0.39 is 17.2 Å². The van der Waals surface area contributed by atoms with E-state index in [9.17, 15) is 9.18 Å². The van der Waals surface area contributed by atoms with E-state index in [1.165, 1.54) is 0 Å². The Morgan fingerprint density at radius 1 is 1.53 bits per heavy atom. The van der Waals surface area contributed by atoms with Crippen molar-refractivity contribution < 1.29 is 14.3 Å². The van der Waals surface area contributed by atoms with Gasteiger partial charge in [0.15, 0.2) is 0 Å². The molecule has 80 valence electrons. The molecule has 0 bridgehead atoms. The molecular weight excluding hydrogens is 219 g/mol. The summed E-state index contributed by atoms with van der Waals surface area (Å²) in [5, 5.41) is 9.28. The van der Waals surface area contributed by atoms with Gasteiger partial charge in [0.05, 0.1) is 5.41 Å². The third-order valence-electron chi connectivity index (χ3n) is 2.92. The van der Waals surface area contributed by atoms with Crippen LogP contribution >= 0.6 is 11.6 Å². The number of hydrogen-bond acceptors (Lipinski definition) is 1. The molecule has 0 unspecified atom stereocenters. The van der Waals surface area contributed by atoms with Gasteiger partial charge in [-0.1, -0.05) is 17.7 Å². The summed E-state index contributed by atoms with van der Waals surface area (Å²) in [5.41, 5.74) is -0.494. The van der Waals surface area contributed by atoms with Crippen LogP contribution in [0.3, 0.4) is 0 Å². The SMILES string of the molecule is Cc1ccc(Cl)c(C2(C(=O)O)CC2)c1F. The van der Waals surface area contributed by atoms with E-state index in [2.05, 4.69) is 0 Å². The molecule has 1 aromatic carbocycles. The molecule has 1 saturated carbocycles. The minimum atomic E-state index is -1.08. The van der Waals surface area contributed by atoms with Crippen LogP contribution in [-0.4, -0.2) is 11.1 Å². The first-order valence-corrected chi connectivity index (χ1v) is 5.05. The van der Waals surface area contributed by atoms with E-state index in [1.54, 1.807) is 19.1 Å². The van der Waals surface area contributed by atoms with Gasteiger partial charge in [0.25, 0.3) is 0 Å². The number of benzene rings is 1. The molecule has 15 heavy (non-hydrogen) atoms. The molecule has 1 fully saturated rings. The number of rotatable bonds is 2. The zero-order valence-electron chi connectivity index (χ0n) is 8.18. The normalized spacial score (nSPS) is 17.5. The molecule has 0 heterocycles. The Morgan fingerprint density at radius 3 is 2.60 bits per heavy atom. The summed E-state index contributed by atoms with van der Waals surface area (Å²) in [6, 6.07) is 3.11. The number of carboxylic acid groups (broad SMARTS) is 1. The molecule has 0 radical (unpaired) electrons. The first kappa shape index (κ1) is 10.4. The maximum absolute atomic E-state index is 13.8. The third kappa shape index (κ3) is 1.42. The smallest absolute Gasteiger partial charge is 0.314 e. The highest BCUT2D eigenvalue weighted by Gasteiger charge is 2.54. The van der Waals surface area contributed by atoms with Crippen molar-refractivity contribution in [3.8, 4) is 0 Å². The lowest BCUT2D eigenvalue weighted by Crippen LogP contribution is -2.22. The maximum Gasteiger partial charge on any atom is 0.314 e. The molecule has 0 atom stereocenters. The van der Waals surface area contributed by atoms with E-state index in [0.717, 1.165) is 0 Å². The van der Waals surface area contributed by atoms with E-state index in [0.29, 0.717) is 18.4 Å². The van der Waals surface area contributed by atoms with Crippen LogP contribution in [0.4, 0.5) is 4.39 Å². The van der Waals surface area contributed by atoms with Gasteiger partial charge in [-0.05, 0) is 31.4 Å². The quantitative estimate of drug-likeness (QED) is 0.845. The molecule has 1 aliphatic rings. The van der Waals surface area contributed by atoms with Crippen LogP contribution in [0.25, 0.3) is 0 Å². The minimum absolute atomic E-state index is 0.150. The summed E-state index contributed by atoms with van der Waals surface area (Å²) in [7, 11) is 0. The summed E-state index contributed by atoms with van der Waals surface area (Å²) in [6.07, 6.45) is 0.921. The molecular formula is C11H10ClFO2. The van der Waals surface area contributed by atoms with Crippen molar-refractivity contribution >= 4 is 17.6 Å². The van der Waals surface area contributed by atoms with Gasteiger partial charge in [-0.25, -0.2) is 4.39 Å². The molecule has 1 aromatic rings. The lowest BCUT2D eigenvalue weighted by molar-refractivity contribution is -0.140. The molecule has 1 aliphatic carbocycles. The van der Waals surface area contributed by atoms with Crippen molar-refractivity contribution in [3.63, 3.8) is 0 Å². The van der Waals surface area contributed by atoms with Gasteiger partial charge < -0.3 is 5.11 Å². The molecule has 0 aliphatic heterocycles. The lowest BCUT2D eigenvalue weighted by Gasteiger charge is -2.14. The van der Waals surface area contributed by atoms with E-state index in [1.807, 2.05) is 0 Å². The molecule has 2 nitrogen and oxygen atoms in total. The standard InChI is InChI=1S/C11H10ClFO2/c1-6-2-3-7(12)8(9(6)13)11(4-5-11)10(14)15/h2-3H,4-5H2,1H3,(H,14,15). The Balaban J connectivity index is 2.62. The highest BCUT2D eigenvalue weighted by atomic mass is 35.5. The molecule has 4 heteroatoms. The summed E-state index contributed by atoms with van der Waals surface area (Å²) < 4.78 is 13.8. The number of carbonyl (C=O) groups is 1. The van der Waals surface area contributed by atoms with Crippen molar-refractivity contribution in [2.45, 2.75) is 25.2 Å². The molecule has 0 amide bonds. The summed E-state index contributed by atoms with van der Waals surface area (Å²) >= 11 is 5.87. The second-order valence-corrected chi connectivity index (χ2v) is 4.35. The number of hydrogen-bond donors (Lipinski definition) is 1. The van der Waals surface area contributed by atoms with Crippen LogP contribution in [0.2, 0.25) is 5.02 Å².